The lowest BCUT2D eigenvalue weighted by Crippen LogP contribution is -2.47. The number of carbonyl (C=O) groups excluding carboxylic acids is 3. The van der Waals surface area contributed by atoms with Crippen LogP contribution < -0.4 is 20.1 Å². The molecule has 2 heterocycles. The Morgan fingerprint density at radius 3 is 1.39 bits per heavy atom. The van der Waals surface area contributed by atoms with Crippen LogP contribution >= 0.6 is 0 Å². The fourth-order valence-corrected chi connectivity index (χ4v) is 6.43. The number of esters is 1. The highest BCUT2D eigenvalue weighted by Gasteiger charge is 2.39. The smallest absolute Gasteiger partial charge is 0.437 e. The predicted octanol–water partition coefficient (Wildman–Crippen LogP) is 9.62. The second-order valence-corrected chi connectivity index (χ2v) is 16.7. The summed E-state index contributed by atoms with van der Waals surface area (Å²) >= 11 is 0. The zero-order valence-electron chi connectivity index (χ0n) is 37.5. The Morgan fingerprint density at radius 2 is 1.06 bits per heavy atom. The number of halogens is 6. The van der Waals surface area contributed by atoms with Crippen LogP contribution in [-0.2, 0) is 49.1 Å². The molecule has 3 N–H and O–H groups in total. The highest BCUT2D eigenvalue weighted by atomic mass is 19.4. The minimum Gasteiger partial charge on any atom is -0.493 e. The summed E-state index contributed by atoms with van der Waals surface area (Å²) in [5.41, 5.74) is -1.69. The maximum absolute atomic E-state index is 13.1. The number of nitrogens with one attached hydrogen (secondary N) is 2. The number of aromatic nitrogens is 2. The molecule has 2 unspecified atom stereocenters. The Bertz CT molecular complexity index is 2190. The molecule has 0 saturated heterocycles. The van der Waals surface area contributed by atoms with Gasteiger partial charge >= 0.3 is 24.3 Å². The van der Waals surface area contributed by atoms with Gasteiger partial charge in [0.15, 0.2) is 22.6 Å². The van der Waals surface area contributed by atoms with Gasteiger partial charge in [-0.05, 0) is 82.6 Å². The van der Waals surface area contributed by atoms with Crippen LogP contribution in [0.4, 0.5) is 26.3 Å². The summed E-state index contributed by atoms with van der Waals surface area (Å²) in [5, 5.41) is 20.4. The first kappa shape index (κ1) is 52.8. The monoisotopic (exact) mass is 916 g/mol. The van der Waals surface area contributed by atoms with Gasteiger partial charge in [0.2, 0.25) is 11.8 Å². The van der Waals surface area contributed by atoms with Crippen molar-refractivity contribution in [3.8, 4) is 11.5 Å². The standard InChI is InChI=1S/C24H33F3N2O5.C20H25F3N2O5/c1-7-9-15-17(12-11-16-20(15)34-29-21(16)24(25,26)27)32-13-8-10-18(30)28-19(14(2)3)22(31)33-23(4,5)6;1-4-6-12-14(9-8-13-17(12)30-25-18(13)20(21,22)23)29-10-5-7-15(26)24-16(11(2)3)19(27)28/h11-12,14,19H,7-10,13H2,1-6H3,(H,28,30);8-9,11,16H,4-7,10H2,1-3H3,(H,24,26)(H,27,28). The molecule has 0 aliphatic heterocycles. The van der Waals surface area contributed by atoms with Crippen molar-refractivity contribution >= 4 is 45.7 Å². The average molecular weight is 917 g/mol. The molecule has 0 aliphatic carbocycles. The minimum atomic E-state index is -4.62. The van der Waals surface area contributed by atoms with Gasteiger partial charge in [-0.3, -0.25) is 9.59 Å². The van der Waals surface area contributed by atoms with Gasteiger partial charge < -0.3 is 39.0 Å². The van der Waals surface area contributed by atoms with Crippen LogP contribution in [0.5, 0.6) is 11.5 Å². The molecule has 4 rings (SSSR count). The van der Waals surface area contributed by atoms with Crippen LogP contribution in [0.3, 0.4) is 0 Å². The Hall–Kier alpha value is -5.56. The highest BCUT2D eigenvalue weighted by molar-refractivity contribution is 5.87. The number of ether oxygens (including phenoxy) is 3. The third kappa shape index (κ3) is 15.0. The van der Waals surface area contributed by atoms with Crippen molar-refractivity contribution in [3.05, 3.63) is 46.8 Å². The van der Waals surface area contributed by atoms with Gasteiger partial charge in [0.1, 0.15) is 29.2 Å². The average Bonchev–Trinajstić information content (AvgIpc) is 3.83. The van der Waals surface area contributed by atoms with Crippen molar-refractivity contribution in [2.24, 2.45) is 11.8 Å². The van der Waals surface area contributed by atoms with Gasteiger partial charge in [-0.1, -0.05) is 64.7 Å². The van der Waals surface area contributed by atoms with Crippen LogP contribution in [0.15, 0.2) is 33.3 Å². The van der Waals surface area contributed by atoms with E-state index in [0.29, 0.717) is 61.2 Å². The van der Waals surface area contributed by atoms with Crippen molar-refractivity contribution < 1.29 is 73.9 Å². The van der Waals surface area contributed by atoms with Crippen LogP contribution in [0.1, 0.15) is 123 Å². The number of benzene rings is 2. The Kier molecular flexibility index (Phi) is 18.9. The number of carboxylic acid groups (broad SMARTS) is 1. The molecule has 2 atom stereocenters. The quantitative estimate of drug-likeness (QED) is 0.0433. The van der Waals surface area contributed by atoms with E-state index in [2.05, 4.69) is 20.9 Å². The maximum Gasteiger partial charge on any atom is 0.437 e. The maximum atomic E-state index is 13.1. The first-order valence-electron chi connectivity index (χ1n) is 21.1. The third-order valence-electron chi connectivity index (χ3n) is 9.44. The van der Waals surface area contributed by atoms with Gasteiger partial charge in [0.25, 0.3) is 0 Å². The predicted molar refractivity (Wildman–Crippen MR) is 222 cm³/mol. The number of nitrogens with zero attached hydrogens (tertiary/aromatic N) is 2. The van der Waals surface area contributed by atoms with E-state index in [1.807, 2.05) is 27.7 Å². The third-order valence-corrected chi connectivity index (χ3v) is 9.44. The molecule has 14 nitrogen and oxygen atoms in total. The number of aliphatic carboxylic acids is 1. The summed E-state index contributed by atoms with van der Waals surface area (Å²) in [4.78, 5) is 47.8. The first-order chi connectivity index (χ1) is 29.8. The number of alkyl halides is 6. The Labute approximate surface area is 367 Å². The molecule has 356 valence electrons. The number of carboxylic acids is 1. The summed E-state index contributed by atoms with van der Waals surface area (Å²) in [6.45, 7) is 16.4. The molecule has 64 heavy (non-hydrogen) atoms. The zero-order valence-corrected chi connectivity index (χ0v) is 37.5. The molecule has 0 bridgehead atoms. The van der Waals surface area contributed by atoms with Gasteiger partial charge in [-0.2, -0.15) is 26.3 Å². The van der Waals surface area contributed by atoms with E-state index in [0.717, 1.165) is 0 Å². The number of aryl methyl sites for hydroxylation is 2. The highest BCUT2D eigenvalue weighted by Crippen LogP contribution is 2.39. The number of carbonyl (C=O) groups is 4. The van der Waals surface area contributed by atoms with E-state index < -0.39 is 59.3 Å². The molecule has 0 fully saturated rings. The van der Waals surface area contributed by atoms with Crippen LogP contribution in [-0.4, -0.2) is 70.1 Å². The fourth-order valence-electron chi connectivity index (χ4n) is 6.43. The largest absolute Gasteiger partial charge is 0.493 e. The molecular formula is C44H58F6N4O10. The molecule has 20 heteroatoms. The summed E-state index contributed by atoms with van der Waals surface area (Å²) in [6, 6.07) is 3.72. The molecule has 0 radical (unpaired) electrons. The van der Waals surface area contributed by atoms with Gasteiger partial charge in [-0.25, -0.2) is 9.59 Å². The summed E-state index contributed by atoms with van der Waals surface area (Å²) < 4.78 is 105. The van der Waals surface area contributed by atoms with E-state index in [9.17, 15) is 45.5 Å². The van der Waals surface area contributed by atoms with E-state index in [1.54, 1.807) is 34.6 Å². The van der Waals surface area contributed by atoms with E-state index in [-0.39, 0.29) is 65.7 Å². The van der Waals surface area contributed by atoms with Crippen molar-refractivity contribution in [1.29, 1.82) is 0 Å². The second-order valence-electron chi connectivity index (χ2n) is 16.7. The number of rotatable bonds is 20. The zero-order chi connectivity index (χ0) is 48.2. The molecule has 0 aliphatic rings. The Balaban J connectivity index is 0.000000343. The molecule has 0 saturated carbocycles. The molecule has 2 amide bonds. The van der Waals surface area contributed by atoms with Gasteiger partial charge in [0, 0.05) is 24.0 Å². The van der Waals surface area contributed by atoms with Gasteiger partial charge in [0.05, 0.1) is 24.0 Å². The lowest BCUT2D eigenvalue weighted by molar-refractivity contribution is -0.160. The lowest BCUT2D eigenvalue weighted by atomic mass is 10.0. The van der Waals surface area contributed by atoms with Crippen molar-refractivity contribution in [2.45, 2.75) is 144 Å². The van der Waals surface area contributed by atoms with Crippen LogP contribution in [0, 0.1) is 11.8 Å². The number of fused-ring (bicyclic) bond motifs is 2. The van der Waals surface area contributed by atoms with Crippen LogP contribution in [0.25, 0.3) is 21.9 Å². The molecule has 0 spiro atoms. The topological polar surface area (TPSA) is 192 Å². The SMILES string of the molecule is CCCc1c(OCCCC(=O)NC(C(=O)O)C(C)C)ccc2c(C(F)(F)F)noc12.CCCc1c(OCCCC(=O)NC(C(=O)OC(C)(C)C)C(C)C)ccc2c(C(F)(F)F)noc12. The number of hydrogen-bond acceptors (Lipinski definition) is 11. The van der Waals surface area contributed by atoms with Crippen molar-refractivity contribution in [1.82, 2.24) is 20.9 Å². The molecule has 4 aromatic rings. The summed E-state index contributed by atoms with van der Waals surface area (Å²) in [7, 11) is 0. The number of amides is 2. The molecule has 2 aromatic heterocycles. The normalized spacial score (nSPS) is 13.1. The second kappa shape index (κ2) is 22.9. The first-order valence-corrected chi connectivity index (χ1v) is 21.1. The molecule has 2 aromatic carbocycles. The molecular weight excluding hydrogens is 858 g/mol. The van der Waals surface area contributed by atoms with Crippen molar-refractivity contribution in [2.75, 3.05) is 13.2 Å². The lowest BCUT2D eigenvalue weighted by Gasteiger charge is -2.26. The van der Waals surface area contributed by atoms with Crippen LogP contribution in [0.2, 0.25) is 0 Å². The summed E-state index contributed by atoms with van der Waals surface area (Å²) in [6.07, 6.45) is -6.19. The number of hydrogen-bond donors (Lipinski definition) is 3. The van der Waals surface area contributed by atoms with Crippen molar-refractivity contribution in [3.63, 3.8) is 0 Å². The van der Waals surface area contributed by atoms with E-state index >= 15 is 0 Å². The minimum absolute atomic E-state index is 0.0423. The van der Waals surface area contributed by atoms with E-state index in [1.165, 1.54) is 24.3 Å². The van der Waals surface area contributed by atoms with Gasteiger partial charge in [-0.15, -0.1) is 0 Å². The Morgan fingerprint density at radius 1 is 0.672 bits per heavy atom. The summed E-state index contributed by atoms with van der Waals surface area (Å²) in [5.74, 6) is -1.95. The fraction of sp³-hybridized carbons (Fsp3) is 0.591. The van der Waals surface area contributed by atoms with E-state index in [4.69, 9.17) is 28.4 Å².